The molecular formula is C21H27N3O4. The number of nitrogens with zero attached hydrogens (tertiary/aromatic N) is 1. The van der Waals surface area contributed by atoms with Gasteiger partial charge in [0.1, 0.15) is 11.5 Å². The zero-order valence-corrected chi connectivity index (χ0v) is 16.7. The third-order valence-corrected chi connectivity index (χ3v) is 4.40. The highest BCUT2D eigenvalue weighted by Crippen LogP contribution is 2.20. The zero-order chi connectivity index (χ0) is 20.7. The average molecular weight is 385 g/mol. The summed E-state index contributed by atoms with van der Waals surface area (Å²) in [6, 6.07) is 9.84. The summed E-state index contributed by atoms with van der Waals surface area (Å²) in [6.45, 7) is 4.03. The van der Waals surface area contributed by atoms with Crippen molar-refractivity contribution in [3.8, 4) is 0 Å². The standard InChI is InChI=1S/C21H27N3O4/c1-5-17(20-10-9-14(2)28-20)23-18(19(26)13-25)12-22-16-8-6-7-15(11-16)21(27)24(3)4/h6-11,13,17-18,22-23H,5,12H2,1-4H3/t17-,18?/m1/s1. The van der Waals surface area contributed by atoms with E-state index in [2.05, 4.69) is 10.6 Å². The van der Waals surface area contributed by atoms with Crippen LogP contribution in [0.5, 0.6) is 0 Å². The van der Waals surface area contributed by atoms with Gasteiger partial charge in [-0.25, -0.2) is 0 Å². The van der Waals surface area contributed by atoms with Gasteiger partial charge >= 0.3 is 0 Å². The molecule has 1 aromatic heterocycles. The number of aryl methyl sites for hydroxylation is 1. The maximum absolute atomic E-state index is 12.1. The maximum atomic E-state index is 12.1. The minimum absolute atomic E-state index is 0.110. The summed E-state index contributed by atoms with van der Waals surface area (Å²) >= 11 is 0. The predicted octanol–water partition coefficient (Wildman–Crippen LogP) is 2.58. The molecule has 28 heavy (non-hydrogen) atoms. The van der Waals surface area contributed by atoms with Gasteiger partial charge in [0.05, 0.1) is 12.1 Å². The van der Waals surface area contributed by atoms with Gasteiger partial charge in [-0.3, -0.25) is 19.7 Å². The van der Waals surface area contributed by atoms with Crippen LogP contribution in [0.15, 0.2) is 40.8 Å². The van der Waals surface area contributed by atoms with Crippen molar-refractivity contribution in [3.05, 3.63) is 53.5 Å². The maximum Gasteiger partial charge on any atom is 0.253 e. The fraction of sp³-hybridized carbons (Fsp3) is 0.381. The Morgan fingerprint density at radius 3 is 2.54 bits per heavy atom. The van der Waals surface area contributed by atoms with Gasteiger partial charge in [0, 0.05) is 31.9 Å². The van der Waals surface area contributed by atoms with Gasteiger partial charge in [0.25, 0.3) is 5.91 Å². The van der Waals surface area contributed by atoms with Crippen LogP contribution in [0.4, 0.5) is 5.69 Å². The molecule has 2 aromatic rings. The highest BCUT2D eigenvalue weighted by Gasteiger charge is 2.23. The Balaban J connectivity index is 2.10. The number of Topliss-reactive ketones (excluding diaryl/α,β-unsaturated/α-hetero) is 1. The van der Waals surface area contributed by atoms with E-state index in [9.17, 15) is 14.4 Å². The second-order valence-electron chi connectivity index (χ2n) is 6.81. The van der Waals surface area contributed by atoms with Crippen LogP contribution in [0.25, 0.3) is 0 Å². The van der Waals surface area contributed by atoms with Crippen LogP contribution >= 0.6 is 0 Å². The molecule has 0 aliphatic rings. The number of nitrogens with one attached hydrogen (secondary N) is 2. The fourth-order valence-electron chi connectivity index (χ4n) is 2.85. The Morgan fingerprint density at radius 1 is 1.21 bits per heavy atom. The van der Waals surface area contributed by atoms with Crippen LogP contribution in [0.1, 0.15) is 41.3 Å². The van der Waals surface area contributed by atoms with Crippen molar-refractivity contribution in [2.75, 3.05) is 26.0 Å². The molecule has 1 amide bonds. The molecule has 1 aromatic carbocycles. The first kappa shape index (κ1) is 21.4. The van der Waals surface area contributed by atoms with E-state index in [1.165, 1.54) is 4.90 Å². The molecule has 0 bridgehead atoms. The minimum atomic E-state index is -0.721. The van der Waals surface area contributed by atoms with Crippen LogP contribution in [0.2, 0.25) is 0 Å². The van der Waals surface area contributed by atoms with Crippen molar-refractivity contribution in [3.63, 3.8) is 0 Å². The van der Waals surface area contributed by atoms with Crippen molar-refractivity contribution in [1.82, 2.24) is 10.2 Å². The zero-order valence-electron chi connectivity index (χ0n) is 16.7. The predicted molar refractivity (Wildman–Crippen MR) is 107 cm³/mol. The third kappa shape index (κ3) is 5.53. The Hall–Kier alpha value is -2.93. The van der Waals surface area contributed by atoms with Crippen LogP contribution in [0, 0.1) is 6.92 Å². The first-order valence-electron chi connectivity index (χ1n) is 9.22. The van der Waals surface area contributed by atoms with Crippen molar-refractivity contribution in [1.29, 1.82) is 0 Å². The lowest BCUT2D eigenvalue weighted by Gasteiger charge is -2.22. The molecule has 0 fully saturated rings. The van der Waals surface area contributed by atoms with E-state index in [1.54, 1.807) is 32.3 Å². The van der Waals surface area contributed by atoms with Gasteiger partial charge in [-0.2, -0.15) is 0 Å². The summed E-state index contributed by atoms with van der Waals surface area (Å²) in [5, 5.41) is 6.33. The monoisotopic (exact) mass is 385 g/mol. The summed E-state index contributed by atoms with van der Waals surface area (Å²) in [7, 11) is 3.37. The van der Waals surface area contributed by atoms with E-state index in [0.717, 1.165) is 11.5 Å². The molecular weight excluding hydrogens is 358 g/mol. The lowest BCUT2D eigenvalue weighted by atomic mass is 10.1. The van der Waals surface area contributed by atoms with Crippen molar-refractivity contribution < 1.29 is 18.8 Å². The van der Waals surface area contributed by atoms with Gasteiger partial charge in [-0.15, -0.1) is 0 Å². The molecule has 0 aliphatic heterocycles. The van der Waals surface area contributed by atoms with Gasteiger partial charge < -0.3 is 14.6 Å². The Kier molecular flexibility index (Phi) is 7.52. The number of hydrogen-bond acceptors (Lipinski definition) is 6. The number of carbonyl (C=O) groups excluding carboxylic acids is 3. The smallest absolute Gasteiger partial charge is 0.253 e. The normalized spacial score (nSPS) is 12.9. The van der Waals surface area contributed by atoms with Crippen molar-refractivity contribution in [2.24, 2.45) is 0 Å². The number of amides is 1. The van der Waals surface area contributed by atoms with E-state index in [0.29, 0.717) is 24.0 Å². The van der Waals surface area contributed by atoms with E-state index >= 15 is 0 Å². The number of aldehydes is 1. The Morgan fingerprint density at radius 2 is 1.96 bits per heavy atom. The van der Waals surface area contributed by atoms with Gasteiger partial charge in [-0.05, 0) is 43.7 Å². The van der Waals surface area contributed by atoms with Crippen molar-refractivity contribution in [2.45, 2.75) is 32.4 Å². The summed E-state index contributed by atoms with van der Waals surface area (Å²) in [6.07, 6.45) is 1.02. The number of furan rings is 1. The van der Waals surface area contributed by atoms with E-state index in [-0.39, 0.29) is 18.5 Å². The van der Waals surface area contributed by atoms with Gasteiger partial charge in [-0.1, -0.05) is 13.0 Å². The topological polar surface area (TPSA) is 91.6 Å². The molecule has 0 aliphatic carbocycles. The second kappa shape index (κ2) is 9.85. The van der Waals surface area contributed by atoms with Crippen molar-refractivity contribution >= 4 is 23.7 Å². The fourth-order valence-corrected chi connectivity index (χ4v) is 2.85. The largest absolute Gasteiger partial charge is 0.465 e. The molecule has 1 unspecified atom stereocenters. The molecule has 2 N–H and O–H groups in total. The number of ketones is 1. The Labute approximate surface area is 165 Å². The minimum Gasteiger partial charge on any atom is -0.465 e. The van der Waals surface area contributed by atoms with E-state index in [1.807, 2.05) is 32.0 Å². The number of anilines is 1. The molecule has 2 atom stereocenters. The third-order valence-electron chi connectivity index (χ3n) is 4.40. The van der Waals surface area contributed by atoms with Crippen LogP contribution < -0.4 is 10.6 Å². The molecule has 0 saturated heterocycles. The van der Waals surface area contributed by atoms with Gasteiger partial charge in [0.15, 0.2) is 6.29 Å². The summed E-state index contributed by atoms with van der Waals surface area (Å²) < 4.78 is 5.65. The quantitative estimate of drug-likeness (QED) is 0.482. The molecule has 7 heteroatoms. The van der Waals surface area contributed by atoms with Crippen LogP contribution in [-0.4, -0.2) is 49.6 Å². The highest BCUT2D eigenvalue weighted by atomic mass is 16.3. The number of carbonyl (C=O) groups is 3. The number of rotatable bonds is 10. The summed E-state index contributed by atoms with van der Waals surface area (Å²) in [5.74, 6) is 0.854. The van der Waals surface area contributed by atoms with Crippen LogP contribution in [-0.2, 0) is 9.59 Å². The molecule has 0 spiro atoms. The molecule has 2 rings (SSSR count). The average Bonchev–Trinajstić information content (AvgIpc) is 3.13. The lowest BCUT2D eigenvalue weighted by molar-refractivity contribution is -0.131. The summed E-state index contributed by atoms with van der Waals surface area (Å²) in [5.41, 5.74) is 1.24. The molecule has 1 heterocycles. The SMILES string of the molecule is CC[C@@H](NC(CNc1cccc(C(=O)N(C)C)c1)C(=O)C=O)c1ccc(C)o1. The molecule has 0 radical (unpaired) electrons. The lowest BCUT2D eigenvalue weighted by Crippen LogP contribution is -2.44. The molecule has 150 valence electrons. The number of benzene rings is 1. The Bertz CT molecular complexity index is 829. The molecule has 0 saturated carbocycles. The van der Waals surface area contributed by atoms with E-state index in [4.69, 9.17) is 4.42 Å². The summed E-state index contributed by atoms with van der Waals surface area (Å²) in [4.78, 5) is 36.8. The first-order valence-corrected chi connectivity index (χ1v) is 9.22. The molecule has 7 nitrogen and oxygen atoms in total. The highest BCUT2D eigenvalue weighted by molar-refractivity contribution is 6.27. The van der Waals surface area contributed by atoms with Gasteiger partial charge in [0.2, 0.25) is 5.78 Å². The second-order valence-corrected chi connectivity index (χ2v) is 6.81. The number of hydrogen-bond donors (Lipinski definition) is 2. The van der Waals surface area contributed by atoms with Crippen LogP contribution in [0.3, 0.4) is 0 Å². The first-order chi connectivity index (χ1) is 13.3. The van der Waals surface area contributed by atoms with E-state index < -0.39 is 11.8 Å².